The van der Waals surface area contributed by atoms with Crippen LogP contribution in [0.1, 0.15) is 81.6 Å². The van der Waals surface area contributed by atoms with E-state index in [4.69, 9.17) is 0 Å². The summed E-state index contributed by atoms with van der Waals surface area (Å²) in [5.74, 6) is -1.50. The molecule has 7 nitrogen and oxygen atoms in total. The minimum absolute atomic E-state index is 0.00130. The standard InChI is InChI=1S/C32H51N3O4S/c1-10-16-33-17-12-14-31(9)23(26(33)37)24-27(38)35(22(19-36)21(3)11-2)25-28(39)34(18-13-15-32(24,25)40-31)30(7,8)20-29(4,5)6/h12-15,21-25,36H,10-11,16-20H2,1-9H3/t21-,22-,23+,24-,25?,31-,32-/m0/s1. The van der Waals surface area contributed by atoms with Crippen LogP contribution in [-0.4, -0.2) is 90.9 Å². The first-order valence-electron chi connectivity index (χ1n) is 15.2. The summed E-state index contributed by atoms with van der Waals surface area (Å²) in [7, 11) is 0. The Bertz CT molecular complexity index is 1080. The van der Waals surface area contributed by atoms with Crippen molar-refractivity contribution in [2.24, 2.45) is 23.2 Å². The number of carbonyl (C=O) groups excluding carboxylic acids is 3. The van der Waals surface area contributed by atoms with Gasteiger partial charge >= 0.3 is 0 Å². The van der Waals surface area contributed by atoms with Crippen LogP contribution in [0.2, 0.25) is 0 Å². The van der Waals surface area contributed by atoms with Crippen molar-refractivity contribution in [3.8, 4) is 0 Å². The Morgan fingerprint density at radius 2 is 1.65 bits per heavy atom. The van der Waals surface area contributed by atoms with Gasteiger partial charge in [-0.05, 0) is 44.9 Å². The lowest BCUT2D eigenvalue weighted by Crippen LogP contribution is -2.61. The van der Waals surface area contributed by atoms with Crippen molar-refractivity contribution in [2.75, 3.05) is 26.2 Å². The molecule has 0 aromatic rings. The topological polar surface area (TPSA) is 81.2 Å². The maximum absolute atomic E-state index is 14.9. The Kier molecular flexibility index (Phi) is 8.40. The van der Waals surface area contributed by atoms with Crippen LogP contribution in [0.5, 0.6) is 0 Å². The van der Waals surface area contributed by atoms with Crippen LogP contribution in [0, 0.1) is 23.2 Å². The number of carbonyl (C=O) groups is 3. The molecule has 1 N–H and O–H groups in total. The summed E-state index contributed by atoms with van der Waals surface area (Å²) in [6, 6.07) is -1.29. The normalized spacial score (nSPS) is 34.0. The summed E-state index contributed by atoms with van der Waals surface area (Å²) in [6.07, 6.45) is 10.7. The number of fused-ring (bicyclic) bond motifs is 2. The van der Waals surface area contributed by atoms with Gasteiger partial charge in [0, 0.05) is 29.9 Å². The second kappa shape index (κ2) is 10.8. The Morgan fingerprint density at radius 3 is 2.23 bits per heavy atom. The summed E-state index contributed by atoms with van der Waals surface area (Å²) in [5.41, 5.74) is -0.452. The third-order valence-electron chi connectivity index (χ3n) is 9.61. The fraction of sp³-hybridized carbons (Fsp3) is 0.781. The van der Waals surface area contributed by atoms with Gasteiger partial charge in [0.15, 0.2) is 0 Å². The van der Waals surface area contributed by atoms with Gasteiger partial charge in [-0.2, -0.15) is 0 Å². The molecular formula is C32H51N3O4S. The van der Waals surface area contributed by atoms with E-state index in [1.54, 1.807) is 16.7 Å². The van der Waals surface area contributed by atoms with E-state index in [9.17, 15) is 19.5 Å². The molecule has 4 aliphatic heterocycles. The van der Waals surface area contributed by atoms with Gasteiger partial charge in [0.05, 0.1) is 29.2 Å². The Morgan fingerprint density at radius 1 is 1.00 bits per heavy atom. The number of hydrogen-bond acceptors (Lipinski definition) is 5. The van der Waals surface area contributed by atoms with Crippen molar-refractivity contribution in [1.82, 2.24) is 14.7 Å². The van der Waals surface area contributed by atoms with Gasteiger partial charge in [-0.25, -0.2) is 0 Å². The molecule has 8 heteroatoms. The van der Waals surface area contributed by atoms with Gasteiger partial charge in [-0.1, -0.05) is 72.3 Å². The van der Waals surface area contributed by atoms with Gasteiger partial charge in [0.1, 0.15) is 6.04 Å². The number of thioether (sulfide) groups is 1. The van der Waals surface area contributed by atoms with Crippen molar-refractivity contribution >= 4 is 29.5 Å². The fourth-order valence-corrected chi connectivity index (χ4v) is 10.2. The molecule has 0 radical (unpaired) electrons. The molecule has 7 atom stereocenters. The summed E-state index contributed by atoms with van der Waals surface area (Å²) >= 11 is 1.62. The third-order valence-corrected chi connectivity index (χ3v) is 11.4. The van der Waals surface area contributed by atoms with E-state index < -0.39 is 39.0 Å². The Balaban J connectivity index is 1.90. The first-order chi connectivity index (χ1) is 18.6. The van der Waals surface area contributed by atoms with E-state index in [1.165, 1.54) is 0 Å². The van der Waals surface area contributed by atoms with Crippen LogP contribution in [-0.2, 0) is 14.4 Å². The molecule has 0 bridgehead atoms. The second-order valence-electron chi connectivity index (χ2n) is 14.5. The molecule has 0 aliphatic carbocycles. The number of aliphatic hydroxyl groups excluding tert-OH is 1. The summed E-state index contributed by atoms with van der Waals surface area (Å²) in [4.78, 5) is 49.4. The van der Waals surface area contributed by atoms with Gasteiger partial charge < -0.3 is 19.8 Å². The maximum Gasteiger partial charge on any atom is 0.247 e. The van der Waals surface area contributed by atoms with Crippen LogP contribution in [0.3, 0.4) is 0 Å². The van der Waals surface area contributed by atoms with E-state index >= 15 is 0 Å². The van der Waals surface area contributed by atoms with Crippen LogP contribution < -0.4 is 0 Å². The zero-order chi connectivity index (χ0) is 29.8. The Hall–Kier alpha value is -1.80. The largest absolute Gasteiger partial charge is 0.394 e. The van der Waals surface area contributed by atoms with Crippen LogP contribution in [0.25, 0.3) is 0 Å². The van der Waals surface area contributed by atoms with Crippen LogP contribution in [0.15, 0.2) is 24.3 Å². The lowest BCUT2D eigenvalue weighted by molar-refractivity contribution is -0.150. The van der Waals surface area contributed by atoms with E-state index in [1.807, 2.05) is 23.6 Å². The van der Waals surface area contributed by atoms with Crippen molar-refractivity contribution in [3.63, 3.8) is 0 Å². The predicted octanol–water partition coefficient (Wildman–Crippen LogP) is 4.50. The summed E-state index contributed by atoms with van der Waals surface area (Å²) in [5, 5.41) is 10.7. The zero-order valence-electron chi connectivity index (χ0n) is 26.1. The highest BCUT2D eigenvalue weighted by Crippen LogP contribution is 2.66. The number of nitrogens with zero attached hydrogens (tertiary/aromatic N) is 3. The average Bonchev–Trinajstić information content (AvgIpc) is 3.11. The number of amides is 3. The highest BCUT2D eigenvalue weighted by molar-refractivity contribution is 8.02. The minimum Gasteiger partial charge on any atom is -0.394 e. The monoisotopic (exact) mass is 573 g/mol. The van der Waals surface area contributed by atoms with Gasteiger partial charge in [-0.3, -0.25) is 14.4 Å². The minimum atomic E-state index is -0.893. The summed E-state index contributed by atoms with van der Waals surface area (Å²) < 4.78 is -1.51. The molecule has 4 rings (SSSR count). The highest BCUT2D eigenvalue weighted by Gasteiger charge is 2.75. The lowest BCUT2D eigenvalue weighted by atomic mass is 9.74. The molecule has 2 fully saturated rings. The first-order valence-corrected chi connectivity index (χ1v) is 16.0. The summed E-state index contributed by atoms with van der Waals surface area (Å²) in [6.45, 7) is 20.4. The van der Waals surface area contributed by atoms with Gasteiger partial charge in [0.2, 0.25) is 17.7 Å². The van der Waals surface area contributed by atoms with Crippen LogP contribution >= 0.6 is 11.8 Å². The lowest BCUT2D eigenvalue weighted by Gasteiger charge is -2.46. The molecule has 0 aromatic carbocycles. The smallest absolute Gasteiger partial charge is 0.247 e. The van der Waals surface area contributed by atoms with Gasteiger partial charge in [-0.15, -0.1) is 11.8 Å². The van der Waals surface area contributed by atoms with E-state index in [0.717, 1.165) is 19.3 Å². The molecular weight excluding hydrogens is 522 g/mol. The number of aliphatic hydroxyl groups is 1. The van der Waals surface area contributed by atoms with E-state index in [0.29, 0.717) is 19.6 Å². The second-order valence-corrected chi connectivity index (χ2v) is 16.3. The molecule has 1 spiro atoms. The quantitative estimate of drug-likeness (QED) is 0.433. The molecule has 40 heavy (non-hydrogen) atoms. The molecule has 2 saturated heterocycles. The number of likely N-dealkylation sites (tertiary alicyclic amines) is 1. The molecule has 1 unspecified atom stereocenters. The van der Waals surface area contributed by atoms with Crippen LogP contribution in [0.4, 0.5) is 0 Å². The molecule has 0 aromatic heterocycles. The third kappa shape index (κ3) is 4.95. The highest BCUT2D eigenvalue weighted by atomic mass is 32.2. The van der Waals surface area contributed by atoms with Crippen molar-refractivity contribution in [2.45, 2.75) is 109 Å². The number of rotatable bonds is 8. The number of hydrogen-bond donors (Lipinski definition) is 1. The zero-order valence-corrected chi connectivity index (χ0v) is 26.9. The van der Waals surface area contributed by atoms with Crippen molar-refractivity contribution < 1.29 is 19.5 Å². The molecule has 4 heterocycles. The molecule has 0 saturated carbocycles. The molecule has 3 amide bonds. The molecule has 4 aliphatic rings. The Labute approximate surface area is 245 Å². The maximum atomic E-state index is 14.9. The van der Waals surface area contributed by atoms with E-state index in [2.05, 4.69) is 72.8 Å². The van der Waals surface area contributed by atoms with Crippen molar-refractivity contribution in [1.29, 1.82) is 0 Å². The average molecular weight is 574 g/mol. The van der Waals surface area contributed by atoms with Crippen molar-refractivity contribution in [3.05, 3.63) is 24.3 Å². The predicted molar refractivity (Wildman–Crippen MR) is 162 cm³/mol. The SMILES string of the molecule is CCCN1CC=C[C@]2(C)S[C@]34C=CCN(C(C)(C)CC(C)(C)C)C(=O)C3N([C@@H](CO)[C@@H](C)CC)C(=O)[C@@H]4[C@@H]2C1=O. The first kappa shape index (κ1) is 31.1. The fourth-order valence-electron chi connectivity index (χ4n) is 8.09. The van der Waals surface area contributed by atoms with E-state index in [-0.39, 0.29) is 35.7 Å². The van der Waals surface area contributed by atoms with Gasteiger partial charge in [0.25, 0.3) is 0 Å². The molecule has 224 valence electrons.